The average Bonchev–Trinajstić information content (AvgIpc) is 2.47. The summed E-state index contributed by atoms with van der Waals surface area (Å²) in [6.07, 6.45) is 7.44. The van der Waals surface area contributed by atoms with Crippen molar-refractivity contribution in [2.75, 3.05) is 5.73 Å². The SMILES string of the molecule is Nc1c(Cl)noc1C1CCCCCC1. The highest BCUT2D eigenvalue weighted by atomic mass is 35.5. The van der Waals surface area contributed by atoms with Crippen LogP contribution in [0, 0.1) is 0 Å². The van der Waals surface area contributed by atoms with Crippen LogP contribution < -0.4 is 5.73 Å². The van der Waals surface area contributed by atoms with Gasteiger partial charge in [-0.1, -0.05) is 42.4 Å². The van der Waals surface area contributed by atoms with Crippen molar-refractivity contribution in [3.05, 3.63) is 10.9 Å². The number of aromatic nitrogens is 1. The van der Waals surface area contributed by atoms with E-state index in [0.717, 1.165) is 18.6 Å². The molecule has 0 radical (unpaired) electrons. The van der Waals surface area contributed by atoms with Gasteiger partial charge in [0, 0.05) is 5.92 Å². The topological polar surface area (TPSA) is 52.0 Å². The molecule has 2 N–H and O–H groups in total. The van der Waals surface area contributed by atoms with Crippen molar-refractivity contribution < 1.29 is 4.52 Å². The maximum atomic E-state index is 5.80. The minimum absolute atomic E-state index is 0.309. The Kier molecular flexibility index (Phi) is 2.96. The van der Waals surface area contributed by atoms with Crippen LogP contribution in [-0.4, -0.2) is 5.16 Å². The van der Waals surface area contributed by atoms with Gasteiger partial charge in [-0.05, 0) is 12.8 Å². The van der Waals surface area contributed by atoms with Gasteiger partial charge in [0.1, 0.15) is 5.69 Å². The lowest BCUT2D eigenvalue weighted by Gasteiger charge is -2.09. The predicted molar refractivity (Wildman–Crippen MR) is 56.4 cm³/mol. The Hall–Kier alpha value is -0.700. The van der Waals surface area contributed by atoms with Crippen LogP contribution >= 0.6 is 11.6 Å². The van der Waals surface area contributed by atoms with Crippen molar-refractivity contribution in [3.63, 3.8) is 0 Å². The van der Waals surface area contributed by atoms with Crippen molar-refractivity contribution in [2.24, 2.45) is 0 Å². The Balaban J connectivity index is 2.16. The third-order valence-corrected chi connectivity index (χ3v) is 3.21. The Morgan fingerprint density at radius 2 is 1.86 bits per heavy atom. The lowest BCUT2D eigenvalue weighted by Crippen LogP contribution is -1.99. The van der Waals surface area contributed by atoms with E-state index in [-0.39, 0.29) is 0 Å². The molecule has 1 heterocycles. The van der Waals surface area contributed by atoms with E-state index in [4.69, 9.17) is 21.9 Å². The second-order valence-electron chi connectivity index (χ2n) is 3.94. The normalized spacial score (nSPS) is 19.5. The molecule has 4 heteroatoms. The summed E-state index contributed by atoms with van der Waals surface area (Å²) in [5.74, 6) is 1.23. The first-order valence-corrected chi connectivity index (χ1v) is 5.57. The molecule has 0 bridgehead atoms. The van der Waals surface area contributed by atoms with E-state index in [0.29, 0.717) is 16.8 Å². The summed E-state index contributed by atoms with van der Waals surface area (Å²) in [6.45, 7) is 0. The van der Waals surface area contributed by atoms with Gasteiger partial charge in [-0.3, -0.25) is 0 Å². The zero-order chi connectivity index (χ0) is 9.97. The van der Waals surface area contributed by atoms with Crippen LogP contribution in [0.5, 0.6) is 0 Å². The molecule has 3 nitrogen and oxygen atoms in total. The first-order valence-electron chi connectivity index (χ1n) is 5.19. The van der Waals surface area contributed by atoms with Crippen LogP contribution in [0.4, 0.5) is 5.69 Å². The summed E-state index contributed by atoms with van der Waals surface area (Å²) >= 11 is 5.76. The molecule has 1 aliphatic carbocycles. The van der Waals surface area contributed by atoms with Crippen LogP contribution in [0.2, 0.25) is 5.15 Å². The van der Waals surface area contributed by atoms with Crippen LogP contribution in [0.15, 0.2) is 4.52 Å². The molecule has 14 heavy (non-hydrogen) atoms. The molecule has 78 valence electrons. The van der Waals surface area contributed by atoms with Gasteiger partial charge >= 0.3 is 0 Å². The van der Waals surface area contributed by atoms with Crippen molar-refractivity contribution in [1.29, 1.82) is 0 Å². The average molecular weight is 215 g/mol. The van der Waals surface area contributed by atoms with Gasteiger partial charge in [0.2, 0.25) is 0 Å². The monoisotopic (exact) mass is 214 g/mol. The van der Waals surface area contributed by atoms with Gasteiger partial charge in [-0.15, -0.1) is 0 Å². The molecule has 1 aromatic rings. The highest BCUT2D eigenvalue weighted by Gasteiger charge is 2.22. The van der Waals surface area contributed by atoms with E-state index in [1.165, 1.54) is 25.7 Å². The maximum absolute atomic E-state index is 5.80. The predicted octanol–water partition coefficient (Wildman–Crippen LogP) is 3.35. The van der Waals surface area contributed by atoms with Crippen molar-refractivity contribution >= 4 is 17.3 Å². The first kappa shape index (κ1) is 9.84. The second-order valence-corrected chi connectivity index (χ2v) is 4.30. The van der Waals surface area contributed by atoms with Gasteiger partial charge in [0.15, 0.2) is 10.9 Å². The molecule has 2 rings (SSSR count). The number of hydrogen-bond acceptors (Lipinski definition) is 3. The molecule has 0 aromatic carbocycles. The standard InChI is InChI=1S/C10H15ClN2O/c11-10-8(12)9(14-13-10)7-5-3-1-2-4-6-7/h7H,1-6,12H2. The van der Waals surface area contributed by atoms with E-state index in [9.17, 15) is 0 Å². The molecule has 0 unspecified atom stereocenters. The molecule has 1 aromatic heterocycles. The molecule has 0 aliphatic heterocycles. The zero-order valence-electron chi connectivity index (χ0n) is 8.13. The number of nitrogens with two attached hydrogens (primary N) is 1. The zero-order valence-corrected chi connectivity index (χ0v) is 8.89. The van der Waals surface area contributed by atoms with E-state index in [1.807, 2.05) is 0 Å². The molecular formula is C10H15ClN2O. The van der Waals surface area contributed by atoms with Crippen LogP contribution in [-0.2, 0) is 0 Å². The molecule has 0 atom stereocenters. The summed E-state index contributed by atoms with van der Waals surface area (Å²) in [5.41, 5.74) is 6.34. The number of anilines is 1. The summed E-state index contributed by atoms with van der Waals surface area (Å²) in [5, 5.41) is 4.00. The van der Waals surface area contributed by atoms with E-state index >= 15 is 0 Å². The second kappa shape index (κ2) is 4.22. The summed E-state index contributed by atoms with van der Waals surface area (Å²) in [7, 11) is 0. The quantitative estimate of drug-likeness (QED) is 0.730. The number of nitrogen functional groups attached to an aromatic ring is 1. The van der Waals surface area contributed by atoms with Crippen LogP contribution in [0.1, 0.15) is 50.2 Å². The van der Waals surface area contributed by atoms with Gasteiger partial charge in [-0.2, -0.15) is 0 Å². The number of halogens is 1. The highest BCUT2D eigenvalue weighted by Crippen LogP contribution is 2.36. The van der Waals surface area contributed by atoms with Crippen molar-refractivity contribution in [2.45, 2.75) is 44.4 Å². The number of nitrogens with zero attached hydrogens (tertiary/aromatic N) is 1. The number of rotatable bonds is 1. The Morgan fingerprint density at radius 3 is 2.36 bits per heavy atom. The fraction of sp³-hybridized carbons (Fsp3) is 0.700. The minimum Gasteiger partial charge on any atom is -0.393 e. The van der Waals surface area contributed by atoms with Gasteiger partial charge < -0.3 is 10.3 Å². The molecule has 1 aliphatic rings. The van der Waals surface area contributed by atoms with Crippen molar-refractivity contribution in [1.82, 2.24) is 5.16 Å². The Morgan fingerprint density at radius 1 is 1.21 bits per heavy atom. The van der Waals surface area contributed by atoms with E-state index in [2.05, 4.69) is 5.16 Å². The summed E-state index contributed by atoms with van der Waals surface area (Å²) < 4.78 is 5.18. The first-order chi connectivity index (χ1) is 6.79. The highest BCUT2D eigenvalue weighted by molar-refractivity contribution is 6.31. The summed E-state index contributed by atoms with van der Waals surface area (Å²) in [6, 6.07) is 0. The molecule has 1 fully saturated rings. The van der Waals surface area contributed by atoms with Gasteiger partial charge in [0.25, 0.3) is 0 Å². The van der Waals surface area contributed by atoms with E-state index in [1.54, 1.807) is 0 Å². The van der Waals surface area contributed by atoms with Crippen LogP contribution in [0.25, 0.3) is 0 Å². The Bertz CT molecular complexity index is 303. The minimum atomic E-state index is 0.309. The largest absolute Gasteiger partial charge is 0.393 e. The van der Waals surface area contributed by atoms with Crippen LogP contribution in [0.3, 0.4) is 0 Å². The Labute approximate surface area is 88.6 Å². The van der Waals surface area contributed by atoms with E-state index < -0.39 is 0 Å². The third-order valence-electron chi connectivity index (χ3n) is 2.94. The lowest BCUT2D eigenvalue weighted by molar-refractivity contribution is 0.349. The van der Waals surface area contributed by atoms with Gasteiger partial charge in [0.05, 0.1) is 0 Å². The summed E-state index contributed by atoms with van der Waals surface area (Å²) in [4.78, 5) is 0. The van der Waals surface area contributed by atoms with Crippen molar-refractivity contribution in [3.8, 4) is 0 Å². The molecule has 0 saturated heterocycles. The maximum Gasteiger partial charge on any atom is 0.195 e. The fourth-order valence-electron chi connectivity index (χ4n) is 2.13. The number of hydrogen-bond donors (Lipinski definition) is 1. The third kappa shape index (κ3) is 1.87. The van der Waals surface area contributed by atoms with Gasteiger partial charge in [-0.25, -0.2) is 0 Å². The molecule has 0 amide bonds. The fourth-order valence-corrected chi connectivity index (χ4v) is 2.25. The molecular weight excluding hydrogens is 200 g/mol. The lowest BCUT2D eigenvalue weighted by atomic mass is 9.97. The molecule has 0 spiro atoms. The smallest absolute Gasteiger partial charge is 0.195 e. The molecule has 1 saturated carbocycles.